The van der Waals surface area contributed by atoms with Crippen LogP contribution in [0.5, 0.6) is 0 Å². The molecule has 0 aliphatic rings. The van der Waals surface area contributed by atoms with Gasteiger partial charge in [-0.3, -0.25) is 0 Å². The van der Waals surface area contributed by atoms with Crippen molar-refractivity contribution < 1.29 is 8.37 Å². The van der Waals surface area contributed by atoms with Crippen molar-refractivity contribution in [3.05, 3.63) is 29.8 Å². The van der Waals surface area contributed by atoms with Crippen molar-refractivity contribution in [2.75, 3.05) is 13.2 Å². The number of hydrogen-bond acceptors (Lipinski definition) is 2. The molecule has 0 unspecified atom stereocenters. The van der Waals surface area contributed by atoms with Crippen LogP contribution in [0.4, 0.5) is 0 Å². The van der Waals surface area contributed by atoms with Crippen LogP contribution in [0.25, 0.3) is 0 Å². The van der Waals surface area contributed by atoms with E-state index in [2.05, 4.69) is 31.2 Å². The zero-order chi connectivity index (χ0) is 10.4. The Labute approximate surface area is 89.0 Å². The summed E-state index contributed by atoms with van der Waals surface area (Å²) in [6.07, 6.45) is 0. The van der Waals surface area contributed by atoms with Crippen molar-refractivity contribution >= 4 is 11.5 Å². The molecule has 0 radical (unpaired) electrons. The fourth-order valence-electron chi connectivity index (χ4n) is 1.03. The van der Waals surface area contributed by atoms with E-state index in [0.29, 0.717) is 13.2 Å². The normalized spacial score (nSPS) is 10.9. The standard InChI is InChI=1S/C11H17O2S/c1-4-12-14(13-5-2)11-8-6-10(3)7-9-11/h6-9H,4-5H2,1-3H3/q+1. The van der Waals surface area contributed by atoms with E-state index in [0.717, 1.165) is 4.90 Å². The average molecular weight is 213 g/mol. The Hall–Kier alpha value is -0.510. The summed E-state index contributed by atoms with van der Waals surface area (Å²) in [5, 5.41) is 0. The van der Waals surface area contributed by atoms with E-state index < -0.39 is 11.5 Å². The van der Waals surface area contributed by atoms with E-state index in [1.807, 2.05) is 13.8 Å². The summed E-state index contributed by atoms with van der Waals surface area (Å²) in [6, 6.07) is 8.27. The molecule has 0 aromatic heterocycles. The largest absolute Gasteiger partial charge is 0.356 e. The van der Waals surface area contributed by atoms with Gasteiger partial charge >= 0.3 is 11.5 Å². The molecule has 3 heteroatoms. The average Bonchev–Trinajstić information content (AvgIpc) is 2.19. The summed E-state index contributed by atoms with van der Waals surface area (Å²) in [6.45, 7) is 7.39. The second kappa shape index (κ2) is 6.06. The monoisotopic (exact) mass is 213 g/mol. The van der Waals surface area contributed by atoms with Crippen molar-refractivity contribution in [1.82, 2.24) is 0 Å². The van der Waals surface area contributed by atoms with Gasteiger partial charge in [0.15, 0.2) is 0 Å². The fraction of sp³-hybridized carbons (Fsp3) is 0.455. The van der Waals surface area contributed by atoms with Gasteiger partial charge in [-0.25, -0.2) is 0 Å². The molecule has 0 spiro atoms. The molecule has 0 saturated heterocycles. The first-order valence-electron chi connectivity index (χ1n) is 4.85. The highest BCUT2D eigenvalue weighted by molar-refractivity contribution is 7.87. The smallest absolute Gasteiger partial charge is 0.136 e. The Morgan fingerprint density at radius 2 is 1.50 bits per heavy atom. The van der Waals surface area contributed by atoms with Crippen LogP contribution in [0.15, 0.2) is 29.2 Å². The van der Waals surface area contributed by atoms with Gasteiger partial charge < -0.3 is 0 Å². The molecule has 0 saturated carbocycles. The molecule has 1 aromatic rings. The summed E-state index contributed by atoms with van der Waals surface area (Å²) >= 11 is -0.496. The Bertz CT molecular complexity index is 252. The summed E-state index contributed by atoms with van der Waals surface area (Å²) in [5.74, 6) is 0. The van der Waals surface area contributed by atoms with E-state index in [1.165, 1.54) is 5.56 Å². The highest BCUT2D eigenvalue weighted by Gasteiger charge is 2.25. The molecule has 0 amide bonds. The lowest BCUT2D eigenvalue weighted by molar-refractivity contribution is 0.285. The third-order valence-corrected chi connectivity index (χ3v) is 3.22. The molecular weight excluding hydrogens is 196 g/mol. The van der Waals surface area contributed by atoms with E-state index >= 15 is 0 Å². The highest BCUT2D eigenvalue weighted by Crippen LogP contribution is 2.17. The molecule has 0 aliphatic carbocycles. The van der Waals surface area contributed by atoms with Gasteiger partial charge in [-0.05, 0) is 20.8 Å². The summed E-state index contributed by atoms with van der Waals surface area (Å²) in [4.78, 5) is 1.11. The molecule has 0 atom stereocenters. The van der Waals surface area contributed by atoms with E-state index in [9.17, 15) is 0 Å². The maximum atomic E-state index is 5.51. The van der Waals surface area contributed by atoms with E-state index in [4.69, 9.17) is 8.37 Å². The lowest BCUT2D eigenvalue weighted by Gasteiger charge is -2.01. The van der Waals surface area contributed by atoms with Gasteiger partial charge in [0, 0.05) is 12.1 Å². The third-order valence-electron chi connectivity index (χ3n) is 1.66. The SMILES string of the molecule is CCO[S+](OCC)c1ccc(C)cc1. The van der Waals surface area contributed by atoms with Gasteiger partial charge in [0.1, 0.15) is 13.2 Å². The van der Waals surface area contributed by atoms with Gasteiger partial charge in [-0.1, -0.05) is 17.7 Å². The van der Waals surface area contributed by atoms with Crippen LogP contribution >= 0.6 is 0 Å². The van der Waals surface area contributed by atoms with Gasteiger partial charge in [-0.15, -0.1) is 8.37 Å². The minimum Gasteiger partial charge on any atom is -0.136 e. The Morgan fingerprint density at radius 1 is 1.00 bits per heavy atom. The summed E-state index contributed by atoms with van der Waals surface area (Å²) in [7, 11) is 0. The summed E-state index contributed by atoms with van der Waals surface area (Å²) in [5.41, 5.74) is 1.25. The van der Waals surface area contributed by atoms with Crippen molar-refractivity contribution in [2.24, 2.45) is 0 Å². The predicted octanol–water partition coefficient (Wildman–Crippen LogP) is 2.88. The number of rotatable bonds is 5. The zero-order valence-electron chi connectivity index (χ0n) is 8.95. The Morgan fingerprint density at radius 3 is 1.93 bits per heavy atom. The molecule has 0 N–H and O–H groups in total. The van der Waals surface area contributed by atoms with Crippen molar-refractivity contribution in [2.45, 2.75) is 25.7 Å². The predicted molar refractivity (Wildman–Crippen MR) is 60.1 cm³/mol. The van der Waals surface area contributed by atoms with Gasteiger partial charge in [0.25, 0.3) is 0 Å². The zero-order valence-corrected chi connectivity index (χ0v) is 9.76. The van der Waals surface area contributed by atoms with Crippen LogP contribution in [0.3, 0.4) is 0 Å². The quantitative estimate of drug-likeness (QED) is 0.700. The highest BCUT2D eigenvalue weighted by atomic mass is 32.2. The molecule has 0 bridgehead atoms. The van der Waals surface area contributed by atoms with Crippen molar-refractivity contribution in [1.29, 1.82) is 0 Å². The van der Waals surface area contributed by atoms with E-state index in [-0.39, 0.29) is 0 Å². The van der Waals surface area contributed by atoms with Crippen LogP contribution in [0.1, 0.15) is 19.4 Å². The molecular formula is C11H17O2S+. The minimum absolute atomic E-state index is 0.496. The number of aryl methyl sites for hydroxylation is 1. The van der Waals surface area contributed by atoms with Gasteiger partial charge in [-0.2, -0.15) is 0 Å². The van der Waals surface area contributed by atoms with Crippen LogP contribution in [-0.4, -0.2) is 13.2 Å². The molecule has 1 rings (SSSR count). The number of hydrogen-bond donors (Lipinski definition) is 0. The maximum absolute atomic E-state index is 5.51. The van der Waals surface area contributed by atoms with Crippen molar-refractivity contribution in [3.8, 4) is 0 Å². The minimum atomic E-state index is -0.496. The van der Waals surface area contributed by atoms with Crippen LogP contribution in [-0.2, 0) is 19.8 Å². The lowest BCUT2D eigenvalue weighted by atomic mass is 10.2. The summed E-state index contributed by atoms with van der Waals surface area (Å²) < 4.78 is 11.0. The topological polar surface area (TPSA) is 18.5 Å². The first-order valence-corrected chi connectivity index (χ1v) is 5.93. The van der Waals surface area contributed by atoms with Gasteiger partial charge in [0.2, 0.25) is 4.90 Å². The van der Waals surface area contributed by atoms with Crippen LogP contribution in [0.2, 0.25) is 0 Å². The van der Waals surface area contributed by atoms with Crippen LogP contribution in [0, 0.1) is 6.92 Å². The number of benzene rings is 1. The second-order valence-corrected chi connectivity index (χ2v) is 4.27. The first-order chi connectivity index (χ1) is 6.77. The van der Waals surface area contributed by atoms with Crippen molar-refractivity contribution in [3.63, 3.8) is 0 Å². The molecule has 78 valence electrons. The molecule has 2 nitrogen and oxygen atoms in total. The second-order valence-electron chi connectivity index (χ2n) is 2.86. The molecule has 14 heavy (non-hydrogen) atoms. The lowest BCUT2D eigenvalue weighted by Crippen LogP contribution is -2.11. The maximum Gasteiger partial charge on any atom is 0.356 e. The fourth-order valence-corrected chi connectivity index (χ4v) is 2.16. The van der Waals surface area contributed by atoms with Crippen LogP contribution < -0.4 is 0 Å². The molecule has 0 aliphatic heterocycles. The molecule has 0 fully saturated rings. The first kappa shape index (κ1) is 11.6. The van der Waals surface area contributed by atoms with E-state index in [1.54, 1.807) is 0 Å². The molecule has 0 heterocycles. The van der Waals surface area contributed by atoms with Gasteiger partial charge in [0.05, 0.1) is 0 Å². The Balaban J connectivity index is 2.71. The Kier molecular flexibility index (Phi) is 5.01. The molecule has 1 aromatic carbocycles. The third kappa shape index (κ3) is 3.33.